The molecule has 9 heteroatoms. The molecule has 1 unspecified atom stereocenters. The molecule has 2 amide bonds. The van der Waals surface area contributed by atoms with E-state index >= 15 is 0 Å². The van der Waals surface area contributed by atoms with E-state index in [1.54, 1.807) is 73.7 Å². The van der Waals surface area contributed by atoms with Gasteiger partial charge in [-0.05, 0) is 55.3 Å². The van der Waals surface area contributed by atoms with E-state index in [2.05, 4.69) is 5.32 Å². The van der Waals surface area contributed by atoms with Crippen LogP contribution in [0.5, 0.6) is 0 Å². The minimum absolute atomic E-state index is 0.0762. The Morgan fingerprint density at radius 3 is 2.11 bits per heavy atom. The van der Waals surface area contributed by atoms with Crippen molar-refractivity contribution >= 4 is 39.1 Å². The first-order chi connectivity index (χ1) is 17.2. The number of nitrogens with one attached hydrogen (secondary N) is 1. The van der Waals surface area contributed by atoms with Gasteiger partial charge >= 0.3 is 0 Å². The Balaban J connectivity index is 2.02. The van der Waals surface area contributed by atoms with Crippen LogP contribution in [0.4, 0.5) is 5.69 Å². The van der Waals surface area contributed by atoms with Gasteiger partial charge in [0.25, 0.3) is 10.0 Å². The molecule has 1 atom stereocenters. The lowest BCUT2D eigenvalue weighted by Crippen LogP contribution is -2.51. The van der Waals surface area contributed by atoms with Crippen LogP contribution in [0, 0.1) is 6.92 Å². The summed E-state index contributed by atoms with van der Waals surface area (Å²) in [6.07, 6.45) is 0.356. The lowest BCUT2D eigenvalue weighted by molar-refractivity contribution is -0.140. The number of nitrogens with zero attached hydrogens (tertiary/aromatic N) is 2. The predicted molar refractivity (Wildman–Crippen MR) is 142 cm³/mol. The fourth-order valence-corrected chi connectivity index (χ4v) is 5.37. The van der Waals surface area contributed by atoms with Crippen molar-refractivity contribution < 1.29 is 18.0 Å². The topological polar surface area (TPSA) is 86.8 Å². The molecule has 0 bridgehead atoms. The molecule has 0 aliphatic carbocycles. The summed E-state index contributed by atoms with van der Waals surface area (Å²) in [6, 6.07) is 21.1. The average Bonchev–Trinajstić information content (AvgIpc) is 2.88. The minimum atomic E-state index is -4.07. The number of anilines is 1. The van der Waals surface area contributed by atoms with Gasteiger partial charge in [-0.25, -0.2) is 8.42 Å². The van der Waals surface area contributed by atoms with Gasteiger partial charge in [0, 0.05) is 18.6 Å². The SMILES string of the molecule is CCC(C(=O)NC)N(Cc1ccc(Cl)cc1)C(=O)CN(c1ccccc1)S(=O)(=O)c1ccc(C)cc1. The van der Waals surface area contributed by atoms with Crippen molar-refractivity contribution in [3.05, 3.63) is 95.0 Å². The highest BCUT2D eigenvalue weighted by Crippen LogP contribution is 2.25. The number of para-hydroxylation sites is 1. The second-order valence-electron chi connectivity index (χ2n) is 8.35. The quantitative estimate of drug-likeness (QED) is 0.423. The number of carbonyl (C=O) groups excluding carboxylic acids is 2. The Morgan fingerprint density at radius 2 is 1.56 bits per heavy atom. The van der Waals surface area contributed by atoms with Gasteiger partial charge in [0.2, 0.25) is 11.8 Å². The number of hydrogen-bond acceptors (Lipinski definition) is 4. The van der Waals surface area contributed by atoms with Crippen molar-refractivity contribution in [1.82, 2.24) is 10.2 Å². The van der Waals surface area contributed by atoms with Crippen molar-refractivity contribution in [3.63, 3.8) is 0 Å². The first-order valence-corrected chi connectivity index (χ1v) is 13.4. The number of carbonyl (C=O) groups is 2. The molecule has 0 aliphatic rings. The third-order valence-corrected chi connectivity index (χ3v) is 7.87. The van der Waals surface area contributed by atoms with Crippen LogP contribution in [0.1, 0.15) is 24.5 Å². The number of amides is 2. The first kappa shape index (κ1) is 27.2. The molecule has 0 aliphatic heterocycles. The van der Waals surface area contributed by atoms with Crippen LogP contribution >= 0.6 is 11.6 Å². The predicted octanol–water partition coefficient (Wildman–Crippen LogP) is 4.40. The van der Waals surface area contributed by atoms with Crippen LogP contribution < -0.4 is 9.62 Å². The number of aryl methyl sites for hydroxylation is 1. The van der Waals surface area contributed by atoms with Crippen LogP contribution in [0.2, 0.25) is 5.02 Å². The molecule has 3 rings (SSSR count). The number of benzene rings is 3. The van der Waals surface area contributed by atoms with E-state index in [1.807, 2.05) is 6.92 Å². The van der Waals surface area contributed by atoms with Gasteiger partial charge in [0.05, 0.1) is 10.6 Å². The molecule has 190 valence electrons. The monoisotopic (exact) mass is 527 g/mol. The Bertz CT molecular complexity index is 1280. The second-order valence-corrected chi connectivity index (χ2v) is 10.6. The molecular formula is C27H30ClN3O4S. The summed E-state index contributed by atoms with van der Waals surface area (Å²) < 4.78 is 28.5. The maximum absolute atomic E-state index is 13.8. The molecule has 3 aromatic carbocycles. The standard InChI is InChI=1S/C27H30ClN3O4S/c1-4-25(27(33)29-3)30(18-21-12-14-22(28)15-13-21)26(32)19-31(23-8-6-5-7-9-23)36(34,35)24-16-10-20(2)11-17-24/h5-17,25H,4,18-19H2,1-3H3,(H,29,33). The van der Waals surface area contributed by atoms with E-state index in [0.29, 0.717) is 17.1 Å². The Kier molecular flexibility index (Phi) is 9.12. The van der Waals surface area contributed by atoms with Crippen molar-refractivity contribution in [3.8, 4) is 0 Å². The molecule has 7 nitrogen and oxygen atoms in total. The summed E-state index contributed by atoms with van der Waals surface area (Å²) in [5.74, 6) is -0.826. The lowest BCUT2D eigenvalue weighted by atomic mass is 10.1. The highest BCUT2D eigenvalue weighted by molar-refractivity contribution is 7.92. The number of likely N-dealkylation sites (N-methyl/N-ethyl adjacent to an activating group) is 1. The zero-order valence-corrected chi connectivity index (χ0v) is 22.1. The van der Waals surface area contributed by atoms with E-state index < -0.39 is 28.5 Å². The van der Waals surface area contributed by atoms with Gasteiger partial charge in [-0.3, -0.25) is 13.9 Å². The second kappa shape index (κ2) is 12.1. The largest absolute Gasteiger partial charge is 0.357 e. The third kappa shape index (κ3) is 6.44. The number of rotatable bonds is 10. The molecule has 0 saturated carbocycles. The summed E-state index contributed by atoms with van der Waals surface area (Å²) >= 11 is 6.01. The molecule has 0 heterocycles. The normalized spacial score (nSPS) is 12.0. The Morgan fingerprint density at radius 1 is 0.944 bits per heavy atom. The molecule has 3 aromatic rings. The number of hydrogen-bond donors (Lipinski definition) is 1. The highest BCUT2D eigenvalue weighted by atomic mass is 35.5. The van der Waals surface area contributed by atoms with Crippen LogP contribution in [0.3, 0.4) is 0 Å². The van der Waals surface area contributed by atoms with Crippen LogP contribution in [-0.4, -0.2) is 44.8 Å². The Hall–Kier alpha value is -3.36. The number of sulfonamides is 1. The van der Waals surface area contributed by atoms with Gasteiger partial charge in [-0.15, -0.1) is 0 Å². The summed E-state index contributed by atoms with van der Waals surface area (Å²) in [7, 11) is -2.56. The van der Waals surface area contributed by atoms with Crippen LogP contribution in [-0.2, 0) is 26.2 Å². The van der Waals surface area contributed by atoms with Gasteiger partial charge in [0.1, 0.15) is 12.6 Å². The van der Waals surface area contributed by atoms with Crippen molar-refractivity contribution in [1.29, 1.82) is 0 Å². The lowest BCUT2D eigenvalue weighted by Gasteiger charge is -2.33. The first-order valence-electron chi connectivity index (χ1n) is 11.6. The van der Waals surface area contributed by atoms with Gasteiger partial charge in [0.15, 0.2) is 0 Å². The van der Waals surface area contributed by atoms with Crippen LogP contribution in [0.25, 0.3) is 0 Å². The van der Waals surface area contributed by atoms with E-state index in [4.69, 9.17) is 11.6 Å². The van der Waals surface area contributed by atoms with E-state index in [1.165, 1.54) is 24.1 Å². The summed E-state index contributed by atoms with van der Waals surface area (Å²) in [5.41, 5.74) is 2.04. The van der Waals surface area contributed by atoms with Gasteiger partial charge in [-0.1, -0.05) is 66.6 Å². The Labute approximate surface area is 217 Å². The third-order valence-electron chi connectivity index (χ3n) is 5.83. The summed E-state index contributed by atoms with van der Waals surface area (Å²) in [5, 5.41) is 3.16. The zero-order valence-electron chi connectivity index (χ0n) is 20.5. The molecule has 36 heavy (non-hydrogen) atoms. The molecule has 0 radical (unpaired) electrons. The van der Waals surface area contributed by atoms with E-state index in [0.717, 1.165) is 15.4 Å². The van der Waals surface area contributed by atoms with Crippen molar-refractivity contribution in [2.75, 3.05) is 17.9 Å². The summed E-state index contributed by atoms with van der Waals surface area (Å²) in [6.45, 7) is 3.32. The molecule has 0 saturated heterocycles. The smallest absolute Gasteiger partial charge is 0.264 e. The van der Waals surface area contributed by atoms with E-state index in [-0.39, 0.29) is 17.3 Å². The van der Waals surface area contributed by atoms with Crippen LogP contribution in [0.15, 0.2) is 83.8 Å². The zero-order chi connectivity index (χ0) is 26.3. The van der Waals surface area contributed by atoms with E-state index in [9.17, 15) is 18.0 Å². The molecule has 0 fully saturated rings. The van der Waals surface area contributed by atoms with Crippen molar-refractivity contribution in [2.24, 2.45) is 0 Å². The maximum atomic E-state index is 13.8. The summed E-state index contributed by atoms with van der Waals surface area (Å²) in [4.78, 5) is 27.9. The fraction of sp³-hybridized carbons (Fsp3) is 0.259. The molecule has 0 spiro atoms. The van der Waals surface area contributed by atoms with Crippen molar-refractivity contribution in [2.45, 2.75) is 37.8 Å². The van der Waals surface area contributed by atoms with Gasteiger partial charge in [-0.2, -0.15) is 0 Å². The molecule has 1 N–H and O–H groups in total. The highest BCUT2D eigenvalue weighted by Gasteiger charge is 2.33. The fourth-order valence-electron chi connectivity index (χ4n) is 3.83. The number of halogens is 1. The average molecular weight is 528 g/mol. The molecular weight excluding hydrogens is 498 g/mol. The van der Waals surface area contributed by atoms with Gasteiger partial charge < -0.3 is 10.2 Å². The molecule has 0 aromatic heterocycles. The minimum Gasteiger partial charge on any atom is -0.357 e. The maximum Gasteiger partial charge on any atom is 0.264 e.